The van der Waals surface area contributed by atoms with Gasteiger partial charge >= 0.3 is 6.09 Å². The molecule has 1 saturated heterocycles. The van der Waals surface area contributed by atoms with Gasteiger partial charge in [0.05, 0.1) is 7.11 Å². The summed E-state index contributed by atoms with van der Waals surface area (Å²) in [6.07, 6.45) is 0.722. The number of hydrogen-bond acceptors (Lipinski definition) is 4. The zero-order chi connectivity index (χ0) is 20.5. The van der Waals surface area contributed by atoms with Gasteiger partial charge in [0.15, 0.2) is 5.96 Å². The molecule has 1 atom stereocenters. The molecule has 6 nitrogen and oxygen atoms in total. The Balaban J connectivity index is 1.45. The Hall–Kier alpha value is -2.67. The molecule has 0 aliphatic carbocycles. The summed E-state index contributed by atoms with van der Waals surface area (Å²) >= 11 is 1.93. The summed E-state index contributed by atoms with van der Waals surface area (Å²) in [5.74, 6) is 2.74. The summed E-state index contributed by atoms with van der Waals surface area (Å²) in [4.78, 5) is 19.4. The number of ether oxygens (including phenoxy) is 1. The fourth-order valence-corrected chi connectivity index (χ4v) is 4.33. The highest BCUT2D eigenvalue weighted by molar-refractivity contribution is 7.99. The standard InChI is InChI=1S/C22H28N4O2S/c1-23-21(24-14-17-8-10-19(11-9-17)25-22(27)28-2)26-13-12-18(15-26)16-29-20-6-4-3-5-7-20/h3-11,18H,12-16H2,1-2H3,(H,23,24)(H,25,27). The second-order valence-corrected chi connectivity index (χ2v) is 8.03. The minimum atomic E-state index is -0.467. The Kier molecular flexibility index (Phi) is 7.81. The van der Waals surface area contributed by atoms with Gasteiger partial charge in [0.2, 0.25) is 0 Å². The van der Waals surface area contributed by atoms with Crippen LogP contribution in [0.3, 0.4) is 0 Å². The van der Waals surface area contributed by atoms with E-state index in [1.807, 2.05) is 43.1 Å². The van der Waals surface area contributed by atoms with E-state index >= 15 is 0 Å². The largest absolute Gasteiger partial charge is 0.453 e. The molecule has 0 spiro atoms. The Morgan fingerprint density at radius 3 is 2.66 bits per heavy atom. The first-order valence-corrected chi connectivity index (χ1v) is 10.7. The number of likely N-dealkylation sites (tertiary alicyclic amines) is 1. The van der Waals surface area contributed by atoms with Gasteiger partial charge in [0, 0.05) is 43.0 Å². The maximum absolute atomic E-state index is 11.3. The number of rotatable bonds is 6. The number of hydrogen-bond donors (Lipinski definition) is 2. The molecule has 7 heteroatoms. The molecule has 0 aromatic heterocycles. The molecule has 1 amide bonds. The van der Waals surface area contributed by atoms with E-state index in [-0.39, 0.29) is 0 Å². The van der Waals surface area contributed by atoms with Gasteiger partial charge in [-0.3, -0.25) is 10.3 Å². The molecule has 2 aromatic carbocycles. The Bertz CT molecular complexity index is 811. The van der Waals surface area contributed by atoms with Crippen LogP contribution >= 0.6 is 11.8 Å². The summed E-state index contributed by atoms with van der Waals surface area (Å²) in [5.41, 5.74) is 1.83. The summed E-state index contributed by atoms with van der Waals surface area (Å²) in [5, 5.41) is 6.10. The Morgan fingerprint density at radius 1 is 1.21 bits per heavy atom. The predicted octanol–water partition coefficient (Wildman–Crippen LogP) is 4.05. The van der Waals surface area contributed by atoms with E-state index in [0.717, 1.165) is 30.4 Å². The van der Waals surface area contributed by atoms with Crippen LogP contribution in [0.1, 0.15) is 12.0 Å². The number of carbonyl (C=O) groups is 1. The average molecular weight is 413 g/mol. The third kappa shape index (κ3) is 6.42. The van der Waals surface area contributed by atoms with Crippen molar-refractivity contribution >= 4 is 29.5 Å². The number of thioether (sulfide) groups is 1. The van der Waals surface area contributed by atoms with Gasteiger partial charge in [-0.15, -0.1) is 11.8 Å². The first kappa shape index (κ1) is 21.0. The Labute approximate surface area is 176 Å². The molecule has 0 radical (unpaired) electrons. The van der Waals surface area contributed by atoms with Crippen molar-refractivity contribution in [3.8, 4) is 0 Å². The topological polar surface area (TPSA) is 66.0 Å². The van der Waals surface area contributed by atoms with Gasteiger partial charge in [0.1, 0.15) is 0 Å². The maximum Gasteiger partial charge on any atom is 0.411 e. The number of nitrogens with one attached hydrogen (secondary N) is 2. The Morgan fingerprint density at radius 2 is 1.97 bits per heavy atom. The van der Waals surface area contributed by atoms with Crippen LogP contribution in [0.5, 0.6) is 0 Å². The molecule has 1 fully saturated rings. The normalized spacial score (nSPS) is 16.6. The van der Waals surface area contributed by atoms with Crippen molar-refractivity contribution < 1.29 is 9.53 Å². The summed E-state index contributed by atoms with van der Waals surface area (Å²) in [6.45, 7) is 2.74. The highest BCUT2D eigenvalue weighted by Crippen LogP contribution is 2.25. The molecule has 1 aliphatic heterocycles. The quantitative estimate of drug-likeness (QED) is 0.426. The second kappa shape index (κ2) is 10.8. The number of guanidine groups is 1. The fourth-order valence-electron chi connectivity index (χ4n) is 3.28. The molecule has 2 N–H and O–H groups in total. The minimum Gasteiger partial charge on any atom is -0.453 e. The third-order valence-corrected chi connectivity index (χ3v) is 6.11. The number of nitrogens with zero attached hydrogens (tertiary/aromatic N) is 2. The summed E-state index contributed by atoms with van der Waals surface area (Å²) in [6, 6.07) is 18.3. The van der Waals surface area contributed by atoms with Crippen molar-refractivity contribution in [1.29, 1.82) is 0 Å². The van der Waals surface area contributed by atoms with E-state index in [4.69, 9.17) is 0 Å². The van der Waals surface area contributed by atoms with Gasteiger partial charge in [-0.25, -0.2) is 4.79 Å². The molecule has 1 aliphatic rings. The molecule has 154 valence electrons. The molecule has 0 bridgehead atoms. The molecule has 29 heavy (non-hydrogen) atoms. The molecule has 2 aromatic rings. The average Bonchev–Trinajstić information content (AvgIpc) is 3.23. The number of anilines is 1. The van der Waals surface area contributed by atoms with Crippen LogP contribution in [-0.4, -0.2) is 50.0 Å². The molecule has 1 unspecified atom stereocenters. The van der Waals surface area contributed by atoms with Crippen LogP contribution in [0.15, 0.2) is 64.5 Å². The van der Waals surface area contributed by atoms with Crippen LogP contribution in [0.4, 0.5) is 10.5 Å². The highest BCUT2D eigenvalue weighted by Gasteiger charge is 2.24. The maximum atomic E-state index is 11.3. The van der Waals surface area contributed by atoms with E-state index in [1.54, 1.807) is 0 Å². The number of amides is 1. The minimum absolute atomic E-state index is 0.467. The van der Waals surface area contributed by atoms with Crippen molar-refractivity contribution in [2.24, 2.45) is 10.9 Å². The SMILES string of the molecule is CN=C(NCc1ccc(NC(=O)OC)cc1)N1CCC(CSc2ccccc2)C1. The van der Waals surface area contributed by atoms with Crippen LogP contribution in [0.2, 0.25) is 0 Å². The zero-order valence-corrected chi connectivity index (χ0v) is 17.7. The van der Waals surface area contributed by atoms with Crippen LogP contribution in [-0.2, 0) is 11.3 Å². The van der Waals surface area contributed by atoms with E-state index in [1.165, 1.54) is 18.4 Å². The lowest BCUT2D eigenvalue weighted by Crippen LogP contribution is -2.39. The molecule has 3 rings (SSSR count). The van der Waals surface area contributed by atoms with Crippen molar-refractivity contribution in [3.63, 3.8) is 0 Å². The van der Waals surface area contributed by atoms with Gasteiger partial charge in [-0.05, 0) is 42.2 Å². The van der Waals surface area contributed by atoms with Gasteiger partial charge in [-0.1, -0.05) is 30.3 Å². The third-order valence-electron chi connectivity index (χ3n) is 4.86. The van der Waals surface area contributed by atoms with Gasteiger partial charge < -0.3 is 15.0 Å². The first-order chi connectivity index (χ1) is 14.2. The lowest BCUT2D eigenvalue weighted by Gasteiger charge is -2.22. The molecular formula is C22H28N4O2S. The molecule has 0 saturated carbocycles. The molecule has 1 heterocycles. The van der Waals surface area contributed by atoms with E-state index in [2.05, 4.69) is 55.6 Å². The van der Waals surface area contributed by atoms with Crippen molar-refractivity contribution in [2.75, 3.05) is 38.3 Å². The second-order valence-electron chi connectivity index (χ2n) is 6.94. The predicted molar refractivity (Wildman–Crippen MR) is 120 cm³/mol. The highest BCUT2D eigenvalue weighted by atomic mass is 32.2. The van der Waals surface area contributed by atoms with E-state index in [0.29, 0.717) is 18.2 Å². The fraction of sp³-hybridized carbons (Fsp3) is 0.364. The number of aliphatic imine (C=N–C) groups is 1. The van der Waals surface area contributed by atoms with Crippen LogP contribution in [0.25, 0.3) is 0 Å². The molecular weight excluding hydrogens is 384 g/mol. The zero-order valence-electron chi connectivity index (χ0n) is 16.9. The van der Waals surface area contributed by atoms with E-state index in [9.17, 15) is 4.79 Å². The van der Waals surface area contributed by atoms with Gasteiger partial charge in [0.25, 0.3) is 0 Å². The first-order valence-electron chi connectivity index (χ1n) is 9.75. The lowest BCUT2D eigenvalue weighted by molar-refractivity contribution is 0.187. The van der Waals surface area contributed by atoms with Crippen LogP contribution < -0.4 is 10.6 Å². The summed E-state index contributed by atoms with van der Waals surface area (Å²) < 4.78 is 4.60. The lowest BCUT2D eigenvalue weighted by atomic mass is 10.2. The number of benzene rings is 2. The van der Waals surface area contributed by atoms with Crippen molar-refractivity contribution in [3.05, 3.63) is 60.2 Å². The van der Waals surface area contributed by atoms with E-state index < -0.39 is 6.09 Å². The monoisotopic (exact) mass is 412 g/mol. The van der Waals surface area contributed by atoms with Crippen molar-refractivity contribution in [2.45, 2.75) is 17.9 Å². The van der Waals surface area contributed by atoms with Gasteiger partial charge in [-0.2, -0.15) is 0 Å². The smallest absolute Gasteiger partial charge is 0.411 e. The number of carbonyl (C=O) groups excluding carboxylic acids is 1. The van der Waals surface area contributed by atoms with Crippen LogP contribution in [0, 0.1) is 5.92 Å². The number of methoxy groups -OCH3 is 1. The summed E-state index contributed by atoms with van der Waals surface area (Å²) in [7, 11) is 3.18. The van der Waals surface area contributed by atoms with Crippen molar-refractivity contribution in [1.82, 2.24) is 10.2 Å².